The fraction of sp³-hybridized carbons (Fsp3) is 0.208. The minimum atomic E-state index is -0.195. The summed E-state index contributed by atoms with van der Waals surface area (Å²) >= 11 is 7.42. The van der Waals surface area contributed by atoms with Crippen LogP contribution in [0.4, 0.5) is 16.5 Å². The minimum Gasteiger partial charge on any atom is -0.321 e. The zero-order valence-corrected chi connectivity index (χ0v) is 19.1. The fourth-order valence-electron chi connectivity index (χ4n) is 3.79. The molecule has 0 saturated carbocycles. The van der Waals surface area contributed by atoms with Crippen LogP contribution in [0.1, 0.15) is 43.2 Å². The summed E-state index contributed by atoms with van der Waals surface area (Å²) < 4.78 is 0. The summed E-state index contributed by atoms with van der Waals surface area (Å²) in [4.78, 5) is 31.5. The largest absolute Gasteiger partial charge is 0.321 e. The number of carbonyl (C=O) groups excluding carboxylic acids is 2. The number of anilines is 3. The van der Waals surface area contributed by atoms with Crippen LogP contribution >= 0.6 is 22.9 Å². The molecule has 158 valence electrons. The van der Waals surface area contributed by atoms with Crippen molar-refractivity contribution in [2.45, 2.75) is 33.6 Å². The summed E-state index contributed by atoms with van der Waals surface area (Å²) in [5.41, 5.74) is 5.75. The molecule has 0 fully saturated rings. The molecule has 0 unspecified atom stereocenters. The molecule has 2 heterocycles. The van der Waals surface area contributed by atoms with Gasteiger partial charge in [0.1, 0.15) is 0 Å². The van der Waals surface area contributed by atoms with Crippen molar-refractivity contribution < 1.29 is 9.59 Å². The predicted octanol–water partition coefficient (Wildman–Crippen LogP) is 6.10. The van der Waals surface area contributed by atoms with Gasteiger partial charge in [-0.25, -0.2) is 4.98 Å². The highest BCUT2D eigenvalue weighted by molar-refractivity contribution is 7.14. The maximum Gasteiger partial charge on any atom is 0.256 e. The highest BCUT2D eigenvalue weighted by Crippen LogP contribution is 2.38. The number of hydrogen-bond donors (Lipinski definition) is 1. The van der Waals surface area contributed by atoms with Gasteiger partial charge in [0.25, 0.3) is 5.91 Å². The average Bonchev–Trinajstić information content (AvgIpc) is 3.32. The van der Waals surface area contributed by atoms with Gasteiger partial charge in [-0.1, -0.05) is 49.7 Å². The second kappa shape index (κ2) is 8.65. The van der Waals surface area contributed by atoms with Gasteiger partial charge in [-0.15, -0.1) is 11.3 Å². The zero-order chi connectivity index (χ0) is 22.1. The van der Waals surface area contributed by atoms with Crippen molar-refractivity contribution in [2.24, 2.45) is 0 Å². The Labute approximate surface area is 190 Å². The normalized spacial score (nSPS) is 13.9. The van der Waals surface area contributed by atoms with Crippen LogP contribution in [-0.2, 0) is 22.4 Å². The van der Waals surface area contributed by atoms with Gasteiger partial charge in [0.15, 0.2) is 5.13 Å². The van der Waals surface area contributed by atoms with E-state index in [9.17, 15) is 9.59 Å². The molecule has 2 amide bonds. The Kier molecular flexibility index (Phi) is 5.94. The average molecular weight is 452 g/mol. The van der Waals surface area contributed by atoms with Crippen molar-refractivity contribution in [3.05, 3.63) is 69.2 Å². The quantitative estimate of drug-likeness (QED) is 0.477. The first kappa shape index (κ1) is 21.3. The monoisotopic (exact) mass is 451 g/mol. The van der Waals surface area contributed by atoms with E-state index in [1.54, 1.807) is 30.0 Å². The number of carbonyl (C=O) groups is 2. The summed E-state index contributed by atoms with van der Waals surface area (Å²) in [5.74, 6) is -0.289. The maximum atomic E-state index is 12.7. The SMILES string of the molecule is CCc1cccc(CC)c1N(C(C)=O)c1nc(C=C2C(=O)Nc3cc(Cl)ccc32)cs1. The molecule has 1 aromatic heterocycles. The van der Waals surface area contributed by atoms with Crippen molar-refractivity contribution in [1.29, 1.82) is 0 Å². The number of fused-ring (bicyclic) bond motifs is 1. The predicted molar refractivity (Wildman–Crippen MR) is 128 cm³/mol. The van der Waals surface area contributed by atoms with E-state index >= 15 is 0 Å². The molecular weight excluding hydrogens is 430 g/mol. The smallest absolute Gasteiger partial charge is 0.256 e. The summed E-state index contributed by atoms with van der Waals surface area (Å²) in [6, 6.07) is 11.4. The van der Waals surface area contributed by atoms with Gasteiger partial charge in [0, 0.05) is 22.9 Å². The van der Waals surface area contributed by atoms with Gasteiger partial charge < -0.3 is 5.32 Å². The Hall–Kier alpha value is -2.96. The highest BCUT2D eigenvalue weighted by Gasteiger charge is 2.26. The van der Waals surface area contributed by atoms with Crippen LogP contribution in [0.25, 0.3) is 11.6 Å². The number of nitrogens with zero attached hydrogens (tertiary/aromatic N) is 2. The molecule has 0 saturated heterocycles. The number of aryl methyl sites for hydroxylation is 2. The molecule has 31 heavy (non-hydrogen) atoms. The fourth-order valence-corrected chi connectivity index (χ4v) is 4.80. The molecule has 0 spiro atoms. The molecule has 3 aromatic rings. The van der Waals surface area contributed by atoms with Crippen LogP contribution in [-0.4, -0.2) is 16.8 Å². The first-order chi connectivity index (χ1) is 14.9. The summed E-state index contributed by atoms with van der Waals surface area (Å²) in [6.07, 6.45) is 3.38. The minimum absolute atomic E-state index is 0.0947. The molecule has 7 heteroatoms. The molecule has 2 aromatic carbocycles. The molecule has 0 bridgehead atoms. The van der Waals surface area contributed by atoms with Crippen molar-refractivity contribution in [2.75, 3.05) is 10.2 Å². The number of nitrogens with one attached hydrogen (secondary N) is 1. The summed E-state index contributed by atoms with van der Waals surface area (Å²) in [6.45, 7) is 5.71. The number of aromatic nitrogens is 1. The van der Waals surface area contributed by atoms with Crippen molar-refractivity contribution >= 4 is 62.9 Å². The van der Waals surface area contributed by atoms with Gasteiger partial charge in [-0.2, -0.15) is 0 Å². The standard InChI is InChI=1S/C24H22ClN3O2S/c1-4-15-7-6-8-16(5-2)22(15)28(14(3)29)24-26-18(13-31-24)12-20-19-10-9-17(25)11-21(19)27-23(20)30/h6-13H,4-5H2,1-3H3,(H,27,30). The number of para-hydroxylation sites is 1. The maximum absolute atomic E-state index is 12.7. The van der Waals surface area contributed by atoms with Crippen molar-refractivity contribution in [1.82, 2.24) is 4.98 Å². The first-order valence-corrected chi connectivity index (χ1v) is 11.4. The molecule has 1 N–H and O–H groups in total. The molecule has 1 aliphatic heterocycles. The van der Waals surface area contributed by atoms with Crippen LogP contribution in [0.3, 0.4) is 0 Å². The van der Waals surface area contributed by atoms with Crippen LogP contribution in [0.15, 0.2) is 41.8 Å². The lowest BCUT2D eigenvalue weighted by Crippen LogP contribution is -2.25. The number of thiazole rings is 1. The van der Waals surface area contributed by atoms with Gasteiger partial charge >= 0.3 is 0 Å². The van der Waals surface area contributed by atoms with E-state index in [-0.39, 0.29) is 11.8 Å². The topological polar surface area (TPSA) is 62.3 Å². The van der Waals surface area contributed by atoms with E-state index in [1.165, 1.54) is 11.3 Å². The lowest BCUT2D eigenvalue weighted by molar-refractivity contribution is -0.116. The molecule has 0 atom stereocenters. The van der Waals surface area contributed by atoms with E-state index in [4.69, 9.17) is 11.6 Å². The molecule has 5 nitrogen and oxygen atoms in total. The van der Waals surface area contributed by atoms with Gasteiger partial charge in [0.2, 0.25) is 5.91 Å². The third-order valence-corrected chi connectivity index (χ3v) is 6.34. The van der Waals surface area contributed by atoms with Crippen molar-refractivity contribution in [3.8, 4) is 0 Å². The third kappa shape index (κ3) is 4.01. The third-order valence-electron chi connectivity index (χ3n) is 5.26. The number of rotatable bonds is 5. The second-order valence-electron chi connectivity index (χ2n) is 7.24. The lowest BCUT2D eigenvalue weighted by atomic mass is 10.0. The number of benzene rings is 2. The Balaban J connectivity index is 1.76. The van der Waals surface area contributed by atoms with Gasteiger partial charge in [0.05, 0.1) is 22.6 Å². The Morgan fingerprint density at radius 3 is 2.55 bits per heavy atom. The molecule has 4 rings (SSSR count). The van der Waals surface area contributed by atoms with Crippen LogP contribution in [0.2, 0.25) is 5.02 Å². The Morgan fingerprint density at radius 1 is 1.19 bits per heavy atom. The molecule has 0 radical (unpaired) electrons. The van der Waals surface area contributed by atoms with Crippen LogP contribution in [0, 0.1) is 0 Å². The summed E-state index contributed by atoms with van der Waals surface area (Å²) in [7, 11) is 0. The Morgan fingerprint density at radius 2 is 1.90 bits per heavy atom. The second-order valence-corrected chi connectivity index (χ2v) is 8.52. The van der Waals surface area contributed by atoms with E-state index in [0.29, 0.717) is 27.1 Å². The zero-order valence-electron chi connectivity index (χ0n) is 17.5. The van der Waals surface area contributed by atoms with Crippen LogP contribution < -0.4 is 10.2 Å². The van der Waals surface area contributed by atoms with E-state index < -0.39 is 0 Å². The van der Waals surface area contributed by atoms with Crippen molar-refractivity contribution in [3.63, 3.8) is 0 Å². The molecular formula is C24H22ClN3O2S. The van der Waals surface area contributed by atoms with E-state index in [1.807, 2.05) is 29.6 Å². The molecule has 0 aliphatic carbocycles. The first-order valence-electron chi connectivity index (χ1n) is 10.1. The lowest BCUT2D eigenvalue weighted by Gasteiger charge is -2.24. The number of amides is 2. The van der Waals surface area contributed by atoms with E-state index in [0.717, 1.165) is 35.2 Å². The Bertz CT molecular complexity index is 1190. The van der Waals surface area contributed by atoms with Gasteiger partial charge in [-0.3, -0.25) is 14.5 Å². The van der Waals surface area contributed by atoms with Crippen LogP contribution in [0.5, 0.6) is 0 Å². The summed E-state index contributed by atoms with van der Waals surface area (Å²) in [5, 5.41) is 5.84. The number of hydrogen-bond acceptors (Lipinski definition) is 4. The van der Waals surface area contributed by atoms with Gasteiger partial charge in [-0.05, 0) is 42.2 Å². The van der Waals surface area contributed by atoms with E-state index in [2.05, 4.69) is 24.1 Å². The molecule has 1 aliphatic rings. The highest BCUT2D eigenvalue weighted by atomic mass is 35.5. The number of halogens is 1.